The van der Waals surface area contributed by atoms with Gasteiger partial charge in [-0.05, 0) is 47.2 Å². The van der Waals surface area contributed by atoms with Crippen LogP contribution in [-0.4, -0.2) is 51.5 Å². The summed E-state index contributed by atoms with van der Waals surface area (Å²) in [7, 11) is -1.46. The Labute approximate surface area is 148 Å². The lowest BCUT2D eigenvalue weighted by molar-refractivity contribution is 0.312. The second kappa shape index (κ2) is 6.76. The van der Waals surface area contributed by atoms with E-state index in [4.69, 9.17) is 0 Å². The summed E-state index contributed by atoms with van der Waals surface area (Å²) in [5.74, 6) is 0.875. The second-order valence-electron chi connectivity index (χ2n) is 5.36. The van der Waals surface area contributed by atoms with Gasteiger partial charge in [0, 0.05) is 26.2 Å². The molecule has 6 nitrogen and oxygen atoms in total. The molecule has 1 saturated heterocycles. The summed E-state index contributed by atoms with van der Waals surface area (Å²) in [5.41, 5.74) is 0.465. The predicted molar refractivity (Wildman–Crippen MR) is 96.8 cm³/mol. The van der Waals surface area contributed by atoms with Gasteiger partial charge in [0.2, 0.25) is 0 Å². The lowest BCUT2D eigenvalue weighted by Gasteiger charge is -2.33. The smallest absolute Gasteiger partial charge is 0.271 e. The van der Waals surface area contributed by atoms with Crippen LogP contribution in [-0.2, 0) is 10.0 Å². The number of likely N-dealkylation sites (N-methyl/N-ethyl adjacent to an activating group) is 1. The summed E-state index contributed by atoms with van der Waals surface area (Å²) in [5, 5.41) is 0. The first kappa shape index (κ1) is 16.7. The molecule has 23 heavy (non-hydrogen) atoms. The van der Waals surface area contributed by atoms with Crippen molar-refractivity contribution in [1.29, 1.82) is 0 Å². The number of rotatable bonds is 4. The summed E-state index contributed by atoms with van der Waals surface area (Å²) < 4.78 is 28.2. The van der Waals surface area contributed by atoms with Crippen molar-refractivity contribution in [3.05, 3.63) is 34.2 Å². The molecule has 0 unspecified atom stereocenters. The van der Waals surface area contributed by atoms with Crippen LogP contribution < -0.4 is 9.62 Å². The van der Waals surface area contributed by atoms with Gasteiger partial charge in [0.1, 0.15) is 10.0 Å². The molecule has 3 heterocycles. The molecule has 0 radical (unpaired) electrons. The van der Waals surface area contributed by atoms with E-state index in [1.807, 2.05) is 6.07 Å². The normalized spacial score (nSPS) is 16.5. The summed E-state index contributed by atoms with van der Waals surface area (Å²) in [6, 6.07) is 6.89. The molecule has 1 fully saturated rings. The molecule has 0 amide bonds. The molecular weight excluding hydrogens is 400 g/mol. The Morgan fingerprint density at radius 1 is 1.17 bits per heavy atom. The van der Waals surface area contributed by atoms with Gasteiger partial charge in [-0.15, -0.1) is 11.3 Å². The van der Waals surface area contributed by atoms with Gasteiger partial charge < -0.3 is 9.80 Å². The minimum Gasteiger partial charge on any atom is -0.354 e. The van der Waals surface area contributed by atoms with E-state index in [1.54, 1.807) is 24.4 Å². The predicted octanol–water partition coefficient (Wildman–Crippen LogP) is 2.46. The highest BCUT2D eigenvalue weighted by Gasteiger charge is 2.18. The Hall–Kier alpha value is -1.16. The van der Waals surface area contributed by atoms with Gasteiger partial charge in [-0.1, -0.05) is 0 Å². The van der Waals surface area contributed by atoms with Crippen LogP contribution in [0.2, 0.25) is 0 Å². The highest BCUT2D eigenvalue weighted by Crippen LogP contribution is 2.27. The van der Waals surface area contributed by atoms with Crippen molar-refractivity contribution in [1.82, 2.24) is 9.88 Å². The van der Waals surface area contributed by atoms with E-state index in [2.05, 4.69) is 42.5 Å². The first-order chi connectivity index (χ1) is 10.9. The van der Waals surface area contributed by atoms with Gasteiger partial charge in [-0.3, -0.25) is 4.72 Å². The fourth-order valence-corrected chi connectivity index (χ4v) is 5.37. The fraction of sp³-hybridized carbons (Fsp3) is 0.357. The molecule has 0 saturated carbocycles. The monoisotopic (exact) mass is 416 g/mol. The van der Waals surface area contributed by atoms with Crippen molar-refractivity contribution in [2.75, 3.05) is 42.8 Å². The number of aromatic nitrogens is 1. The van der Waals surface area contributed by atoms with E-state index in [0.717, 1.165) is 35.8 Å². The Morgan fingerprint density at radius 3 is 2.48 bits per heavy atom. The highest BCUT2D eigenvalue weighted by atomic mass is 79.9. The van der Waals surface area contributed by atoms with Crippen molar-refractivity contribution in [3.8, 4) is 0 Å². The van der Waals surface area contributed by atoms with Crippen LogP contribution in [0.15, 0.2) is 38.5 Å². The number of nitrogens with one attached hydrogen (secondary N) is 1. The van der Waals surface area contributed by atoms with Crippen LogP contribution in [0.25, 0.3) is 0 Å². The fourth-order valence-electron chi connectivity index (χ4n) is 2.32. The number of hydrogen-bond donors (Lipinski definition) is 1. The summed E-state index contributed by atoms with van der Waals surface area (Å²) in [6.45, 7) is 3.86. The van der Waals surface area contributed by atoms with E-state index in [9.17, 15) is 8.42 Å². The highest BCUT2D eigenvalue weighted by molar-refractivity contribution is 9.11. The van der Waals surface area contributed by atoms with E-state index >= 15 is 0 Å². The van der Waals surface area contributed by atoms with Gasteiger partial charge in [0.05, 0.1) is 15.7 Å². The van der Waals surface area contributed by atoms with Crippen molar-refractivity contribution in [2.45, 2.75) is 4.21 Å². The minimum absolute atomic E-state index is 0.271. The minimum atomic E-state index is -3.56. The number of hydrogen-bond acceptors (Lipinski definition) is 6. The number of piperazine rings is 1. The number of nitrogens with zero attached hydrogens (tertiary/aromatic N) is 3. The molecule has 0 aliphatic carbocycles. The topological polar surface area (TPSA) is 65.5 Å². The maximum Gasteiger partial charge on any atom is 0.271 e. The third kappa shape index (κ3) is 4.03. The third-order valence-corrected chi connectivity index (χ3v) is 7.14. The summed E-state index contributed by atoms with van der Waals surface area (Å²) in [6.07, 6.45) is 1.56. The number of halogens is 1. The number of pyridine rings is 1. The van der Waals surface area contributed by atoms with Crippen molar-refractivity contribution in [3.63, 3.8) is 0 Å². The first-order valence-corrected chi connectivity index (χ1v) is 10.2. The first-order valence-electron chi connectivity index (χ1n) is 7.12. The molecule has 0 atom stereocenters. The average Bonchev–Trinajstić information content (AvgIpc) is 2.96. The Kier molecular flexibility index (Phi) is 4.90. The molecule has 0 spiro atoms. The van der Waals surface area contributed by atoms with E-state index < -0.39 is 10.0 Å². The third-order valence-electron chi connectivity index (χ3n) is 3.64. The number of anilines is 2. The molecule has 1 aliphatic heterocycles. The zero-order valence-corrected chi connectivity index (χ0v) is 15.8. The quantitative estimate of drug-likeness (QED) is 0.828. The lowest BCUT2D eigenvalue weighted by atomic mass is 10.3. The second-order valence-corrected chi connectivity index (χ2v) is 9.73. The van der Waals surface area contributed by atoms with Gasteiger partial charge >= 0.3 is 0 Å². The zero-order chi connectivity index (χ0) is 16.4. The molecule has 3 rings (SSSR count). The molecule has 0 bridgehead atoms. The van der Waals surface area contributed by atoms with Crippen LogP contribution in [0.1, 0.15) is 0 Å². The van der Waals surface area contributed by atoms with Gasteiger partial charge in [0.15, 0.2) is 0 Å². The zero-order valence-electron chi connectivity index (χ0n) is 12.6. The molecular formula is C14H17BrN4O2S2. The lowest BCUT2D eigenvalue weighted by Crippen LogP contribution is -2.44. The maximum atomic E-state index is 12.3. The molecule has 2 aromatic rings. The molecule has 0 aromatic carbocycles. The molecule has 1 N–H and O–H groups in total. The molecule has 9 heteroatoms. The summed E-state index contributed by atoms with van der Waals surface area (Å²) in [4.78, 5) is 8.86. The van der Waals surface area contributed by atoms with Crippen LogP contribution in [0.3, 0.4) is 0 Å². The maximum absolute atomic E-state index is 12.3. The molecule has 124 valence electrons. The molecule has 2 aromatic heterocycles. The van der Waals surface area contributed by atoms with E-state index in [0.29, 0.717) is 5.69 Å². The van der Waals surface area contributed by atoms with Crippen molar-refractivity contribution < 1.29 is 8.42 Å². The Balaban J connectivity index is 1.70. The largest absolute Gasteiger partial charge is 0.354 e. The van der Waals surface area contributed by atoms with Crippen LogP contribution in [0, 0.1) is 0 Å². The Morgan fingerprint density at radius 2 is 1.91 bits per heavy atom. The van der Waals surface area contributed by atoms with Gasteiger partial charge in [-0.25, -0.2) is 13.4 Å². The summed E-state index contributed by atoms with van der Waals surface area (Å²) >= 11 is 4.45. The van der Waals surface area contributed by atoms with E-state index in [-0.39, 0.29) is 4.21 Å². The number of thiophene rings is 1. The van der Waals surface area contributed by atoms with Gasteiger partial charge in [0.25, 0.3) is 10.0 Å². The Bertz CT molecular complexity index is 768. The van der Waals surface area contributed by atoms with Crippen LogP contribution >= 0.6 is 27.3 Å². The SMILES string of the molecule is CN1CCN(c2ccc(NS(=O)(=O)c3ccc(Br)s3)cn2)CC1. The van der Waals surface area contributed by atoms with Gasteiger partial charge in [-0.2, -0.15) is 0 Å². The van der Waals surface area contributed by atoms with Crippen molar-refractivity contribution >= 4 is 48.8 Å². The molecule has 1 aliphatic rings. The average molecular weight is 417 g/mol. The van der Waals surface area contributed by atoms with Crippen LogP contribution in [0.4, 0.5) is 11.5 Å². The van der Waals surface area contributed by atoms with Crippen molar-refractivity contribution in [2.24, 2.45) is 0 Å². The van der Waals surface area contributed by atoms with E-state index in [1.165, 1.54) is 11.3 Å². The van der Waals surface area contributed by atoms with Crippen LogP contribution in [0.5, 0.6) is 0 Å². The standard InChI is InChI=1S/C14H17BrN4O2S2/c1-18-6-8-19(9-7-18)13-4-2-11(10-16-13)17-23(20,21)14-5-3-12(15)22-14/h2-5,10,17H,6-9H2,1H3. The number of sulfonamides is 1.